The van der Waals surface area contributed by atoms with Crippen LogP contribution in [0.3, 0.4) is 0 Å². The summed E-state index contributed by atoms with van der Waals surface area (Å²) in [5.41, 5.74) is 2.17. The van der Waals surface area contributed by atoms with Crippen molar-refractivity contribution >= 4 is 27.8 Å². The van der Waals surface area contributed by atoms with Gasteiger partial charge in [-0.1, -0.05) is 6.07 Å². The van der Waals surface area contributed by atoms with Crippen molar-refractivity contribution in [2.45, 2.75) is 30.6 Å². The summed E-state index contributed by atoms with van der Waals surface area (Å²) in [4.78, 5) is 36.0. The summed E-state index contributed by atoms with van der Waals surface area (Å²) in [6, 6.07) is 4.97. The van der Waals surface area contributed by atoms with Gasteiger partial charge in [-0.05, 0) is 48.9 Å². The number of carbonyl (C=O) groups is 3. The van der Waals surface area contributed by atoms with Gasteiger partial charge in [0.25, 0.3) is 5.91 Å². The van der Waals surface area contributed by atoms with Gasteiger partial charge in [0.15, 0.2) is 6.61 Å². The van der Waals surface area contributed by atoms with E-state index in [1.54, 1.807) is 6.07 Å². The van der Waals surface area contributed by atoms with Crippen LogP contribution in [-0.2, 0) is 42.0 Å². The average Bonchev–Trinajstić information content (AvgIpc) is 2.69. The smallest absolute Gasteiger partial charge is 0.321 e. The fourth-order valence-electron chi connectivity index (χ4n) is 2.80. The van der Waals surface area contributed by atoms with Crippen molar-refractivity contribution < 1.29 is 27.5 Å². The number of nitrogens with one attached hydrogen (secondary N) is 2. The number of nitrogens with zero attached hydrogens (tertiary/aromatic N) is 1. The van der Waals surface area contributed by atoms with E-state index in [1.807, 2.05) is 6.07 Å². The molecule has 1 aromatic rings. The highest BCUT2D eigenvalue weighted by Gasteiger charge is 2.20. The van der Waals surface area contributed by atoms with E-state index in [9.17, 15) is 22.8 Å². The van der Waals surface area contributed by atoms with Crippen LogP contribution < -0.4 is 10.0 Å². The van der Waals surface area contributed by atoms with Gasteiger partial charge in [-0.25, -0.2) is 8.42 Å². The van der Waals surface area contributed by atoms with Crippen LogP contribution in [0, 0.1) is 0 Å². The molecule has 1 aromatic carbocycles. The van der Waals surface area contributed by atoms with Gasteiger partial charge in [-0.15, -0.1) is 0 Å². The molecule has 2 N–H and O–H groups in total. The van der Waals surface area contributed by atoms with Crippen molar-refractivity contribution in [2.24, 2.45) is 0 Å². The van der Waals surface area contributed by atoms with Crippen LogP contribution in [0.5, 0.6) is 0 Å². The van der Waals surface area contributed by atoms with Crippen molar-refractivity contribution in [3.63, 3.8) is 0 Å². The SMILES string of the molecule is CNC(=O)CN(C)C(=O)COC(=O)CNS(=O)(=O)c1ccc2c(c1)CCCC2. The molecule has 0 radical (unpaired) electrons. The van der Waals surface area contributed by atoms with Crippen molar-refractivity contribution in [3.8, 4) is 0 Å². The van der Waals surface area contributed by atoms with E-state index in [2.05, 4.69) is 10.0 Å². The first kappa shape index (κ1) is 21.8. The number of fused-ring (bicyclic) bond motifs is 1. The Morgan fingerprint density at radius 3 is 2.50 bits per heavy atom. The fourth-order valence-corrected chi connectivity index (χ4v) is 3.82. The van der Waals surface area contributed by atoms with Crippen molar-refractivity contribution in [3.05, 3.63) is 29.3 Å². The molecule has 10 heteroatoms. The lowest BCUT2D eigenvalue weighted by Gasteiger charge is -2.17. The second kappa shape index (κ2) is 9.65. The summed E-state index contributed by atoms with van der Waals surface area (Å²) >= 11 is 0. The number of hydrogen-bond donors (Lipinski definition) is 2. The van der Waals surface area contributed by atoms with Crippen LogP contribution in [-0.4, -0.2) is 64.9 Å². The topological polar surface area (TPSA) is 122 Å². The van der Waals surface area contributed by atoms with Crippen LogP contribution in [0.25, 0.3) is 0 Å². The maximum atomic E-state index is 12.4. The summed E-state index contributed by atoms with van der Waals surface area (Å²) in [7, 11) is -1.03. The lowest BCUT2D eigenvalue weighted by atomic mass is 9.92. The number of carbonyl (C=O) groups excluding carboxylic acids is 3. The minimum atomic E-state index is -3.86. The Kier molecular flexibility index (Phi) is 7.53. The zero-order valence-electron chi connectivity index (χ0n) is 16.0. The Morgan fingerprint density at radius 2 is 1.82 bits per heavy atom. The number of benzene rings is 1. The highest BCUT2D eigenvalue weighted by Crippen LogP contribution is 2.23. The maximum absolute atomic E-state index is 12.4. The van der Waals surface area contributed by atoms with Crippen LogP contribution in [0.15, 0.2) is 23.1 Å². The first-order valence-electron chi connectivity index (χ1n) is 8.94. The number of esters is 1. The van der Waals surface area contributed by atoms with E-state index in [4.69, 9.17) is 4.74 Å². The van der Waals surface area contributed by atoms with E-state index in [-0.39, 0.29) is 17.3 Å². The lowest BCUT2D eigenvalue weighted by Crippen LogP contribution is -2.39. The largest absolute Gasteiger partial charge is 0.455 e. The average molecular weight is 411 g/mol. The van der Waals surface area contributed by atoms with Gasteiger partial charge in [0.2, 0.25) is 15.9 Å². The van der Waals surface area contributed by atoms with Gasteiger partial charge in [0, 0.05) is 14.1 Å². The van der Waals surface area contributed by atoms with Gasteiger partial charge >= 0.3 is 5.97 Å². The van der Waals surface area contributed by atoms with Crippen molar-refractivity contribution in [1.29, 1.82) is 0 Å². The van der Waals surface area contributed by atoms with Crippen LogP contribution in [0.1, 0.15) is 24.0 Å². The molecular weight excluding hydrogens is 386 g/mol. The van der Waals surface area contributed by atoms with Gasteiger partial charge in [-0.3, -0.25) is 14.4 Å². The van der Waals surface area contributed by atoms with E-state index in [1.165, 1.54) is 20.2 Å². The third-order valence-corrected chi connectivity index (χ3v) is 5.88. The molecule has 0 fully saturated rings. The normalized spacial score (nSPS) is 13.4. The number of rotatable bonds is 8. The van der Waals surface area contributed by atoms with Crippen LogP contribution in [0.2, 0.25) is 0 Å². The summed E-state index contributed by atoms with van der Waals surface area (Å²) < 4.78 is 31.7. The second-order valence-electron chi connectivity index (χ2n) is 6.55. The number of likely N-dealkylation sites (N-methyl/N-ethyl adjacent to an activating group) is 2. The van der Waals surface area contributed by atoms with Gasteiger partial charge in [-0.2, -0.15) is 4.72 Å². The Labute approximate surface area is 164 Å². The molecular formula is C18H25N3O6S. The summed E-state index contributed by atoms with van der Waals surface area (Å²) in [5.74, 6) is -1.82. The zero-order chi connectivity index (χ0) is 20.7. The number of amides is 2. The van der Waals surface area contributed by atoms with Gasteiger partial charge in [0.05, 0.1) is 11.4 Å². The highest BCUT2D eigenvalue weighted by atomic mass is 32.2. The summed E-state index contributed by atoms with van der Waals surface area (Å²) in [6.45, 7) is -1.34. The minimum absolute atomic E-state index is 0.0994. The Morgan fingerprint density at radius 1 is 1.14 bits per heavy atom. The van der Waals surface area contributed by atoms with Gasteiger partial charge < -0.3 is 15.0 Å². The zero-order valence-corrected chi connectivity index (χ0v) is 16.8. The van der Waals surface area contributed by atoms with Gasteiger partial charge in [0.1, 0.15) is 6.54 Å². The van der Waals surface area contributed by atoms with Crippen LogP contribution >= 0.6 is 0 Å². The summed E-state index contributed by atoms with van der Waals surface area (Å²) in [5, 5.41) is 2.37. The molecule has 0 heterocycles. The van der Waals surface area contributed by atoms with E-state index < -0.39 is 35.1 Å². The van der Waals surface area contributed by atoms with Crippen LogP contribution in [0.4, 0.5) is 0 Å². The molecule has 154 valence electrons. The third kappa shape index (κ3) is 6.03. The predicted molar refractivity (Wildman–Crippen MR) is 101 cm³/mol. The maximum Gasteiger partial charge on any atom is 0.321 e. The first-order valence-corrected chi connectivity index (χ1v) is 10.4. The Bertz CT molecular complexity index is 853. The lowest BCUT2D eigenvalue weighted by molar-refractivity contribution is -0.151. The summed E-state index contributed by atoms with van der Waals surface area (Å²) in [6.07, 6.45) is 3.91. The fraction of sp³-hybridized carbons (Fsp3) is 0.500. The molecule has 0 saturated carbocycles. The third-order valence-electron chi connectivity index (χ3n) is 4.48. The molecule has 2 rings (SSSR count). The molecule has 1 aliphatic carbocycles. The predicted octanol–water partition coefficient (Wildman–Crippen LogP) is -0.409. The molecule has 9 nitrogen and oxygen atoms in total. The molecule has 0 aromatic heterocycles. The Balaban J connectivity index is 1.84. The molecule has 0 unspecified atom stereocenters. The molecule has 2 amide bonds. The van der Waals surface area contributed by atoms with E-state index >= 15 is 0 Å². The molecule has 0 saturated heterocycles. The van der Waals surface area contributed by atoms with E-state index in [0.717, 1.165) is 41.7 Å². The number of aryl methyl sites for hydroxylation is 2. The molecule has 28 heavy (non-hydrogen) atoms. The number of sulfonamides is 1. The molecule has 0 spiro atoms. The minimum Gasteiger partial charge on any atom is -0.455 e. The number of hydrogen-bond acceptors (Lipinski definition) is 6. The first-order chi connectivity index (χ1) is 13.2. The quantitative estimate of drug-likeness (QED) is 0.561. The van der Waals surface area contributed by atoms with E-state index in [0.29, 0.717) is 0 Å². The molecule has 0 aliphatic heterocycles. The second-order valence-corrected chi connectivity index (χ2v) is 8.31. The standard InChI is InChI=1S/C18H25N3O6S/c1-19-16(22)11-21(2)17(23)12-27-18(24)10-20-28(25,26)15-8-7-13-5-3-4-6-14(13)9-15/h7-9,20H,3-6,10-12H2,1-2H3,(H,19,22). The number of ether oxygens (including phenoxy) is 1. The molecule has 0 bridgehead atoms. The highest BCUT2D eigenvalue weighted by molar-refractivity contribution is 7.89. The molecule has 1 aliphatic rings. The monoisotopic (exact) mass is 411 g/mol. The van der Waals surface area contributed by atoms with Crippen molar-refractivity contribution in [2.75, 3.05) is 33.8 Å². The van der Waals surface area contributed by atoms with Crippen molar-refractivity contribution in [1.82, 2.24) is 14.9 Å². The Hall–Kier alpha value is -2.46. The molecule has 0 atom stereocenters.